The van der Waals surface area contributed by atoms with Gasteiger partial charge in [-0.2, -0.15) is 0 Å². The van der Waals surface area contributed by atoms with Crippen LogP contribution >= 0.6 is 0 Å². The van der Waals surface area contributed by atoms with Crippen LogP contribution < -0.4 is 0 Å². The van der Waals surface area contributed by atoms with Crippen molar-refractivity contribution in [1.82, 2.24) is 0 Å². The Hall–Kier alpha value is -1.41. The van der Waals surface area contributed by atoms with Gasteiger partial charge in [0.15, 0.2) is 0 Å². The molecule has 0 unspecified atom stereocenters. The number of benzene rings is 1. The lowest BCUT2D eigenvalue weighted by Gasteiger charge is -2.43. The second-order valence-electron chi connectivity index (χ2n) is 5.99. The Morgan fingerprint density at radius 3 is 2.85 bits per heavy atom. The van der Waals surface area contributed by atoms with Gasteiger partial charge in [0.25, 0.3) is 0 Å². The molecule has 2 aliphatic rings. The van der Waals surface area contributed by atoms with Crippen LogP contribution in [0.15, 0.2) is 43.0 Å². The van der Waals surface area contributed by atoms with Crippen LogP contribution in [0.4, 0.5) is 0 Å². The number of hydrogen-bond acceptors (Lipinski definition) is 2. The van der Waals surface area contributed by atoms with Gasteiger partial charge in [0.2, 0.25) is 0 Å². The van der Waals surface area contributed by atoms with Crippen molar-refractivity contribution in [2.24, 2.45) is 11.8 Å². The Kier molecular flexibility index (Phi) is 4.02. The quantitative estimate of drug-likeness (QED) is 0.774. The number of ether oxygens (including phenoxy) is 1. The number of ketones is 1. The molecular formula is C18H22O2. The second kappa shape index (κ2) is 5.92. The van der Waals surface area contributed by atoms with E-state index in [1.54, 1.807) is 0 Å². The fraction of sp³-hybridized carbons (Fsp3) is 0.500. The SMILES string of the molecule is C=CC[C@@H]1C[C@H]2CCCC(=O)[C@H]2[C@H](c2ccccc2)O1. The molecule has 20 heavy (non-hydrogen) atoms. The molecule has 0 bridgehead atoms. The third kappa shape index (κ3) is 2.57. The molecule has 1 aromatic rings. The van der Waals surface area contributed by atoms with Gasteiger partial charge in [0.05, 0.1) is 18.1 Å². The van der Waals surface area contributed by atoms with Gasteiger partial charge >= 0.3 is 0 Å². The summed E-state index contributed by atoms with van der Waals surface area (Å²) in [6, 6.07) is 10.2. The zero-order valence-electron chi connectivity index (χ0n) is 11.8. The maximum Gasteiger partial charge on any atom is 0.139 e. The van der Waals surface area contributed by atoms with Gasteiger partial charge in [-0.25, -0.2) is 0 Å². The summed E-state index contributed by atoms with van der Waals surface area (Å²) in [6.07, 6.45) is 6.89. The smallest absolute Gasteiger partial charge is 0.139 e. The minimum absolute atomic E-state index is 0.0622. The Morgan fingerprint density at radius 2 is 2.10 bits per heavy atom. The molecule has 2 heteroatoms. The summed E-state index contributed by atoms with van der Waals surface area (Å²) in [7, 11) is 0. The zero-order valence-corrected chi connectivity index (χ0v) is 11.8. The molecule has 1 aliphatic heterocycles. The minimum atomic E-state index is -0.0623. The standard InChI is InChI=1S/C18H22O2/c1-2-7-15-12-14-10-6-11-16(19)17(14)18(20-15)13-8-4-3-5-9-13/h2-5,8-9,14-15,17-18H,1,6-7,10-12H2/t14-,15-,17+,18+/m1/s1. The summed E-state index contributed by atoms with van der Waals surface area (Å²) in [4.78, 5) is 12.4. The third-order valence-corrected chi connectivity index (χ3v) is 4.67. The first-order valence-electron chi connectivity index (χ1n) is 7.63. The first kappa shape index (κ1) is 13.6. The Morgan fingerprint density at radius 1 is 1.30 bits per heavy atom. The summed E-state index contributed by atoms with van der Waals surface area (Å²) in [5.74, 6) is 0.944. The lowest BCUT2D eigenvalue weighted by atomic mass is 9.69. The maximum absolute atomic E-state index is 12.4. The Bertz CT molecular complexity index is 479. The molecule has 0 spiro atoms. The molecule has 2 nitrogen and oxygen atoms in total. The highest BCUT2D eigenvalue weighted by molar-refractivity contribution is 5.83. The van der Waals surface area contributed by atoms with Crippen LogP contribution in [0.1, 0.15) is 43.8 Å². The molecule has 1 saturated carbocycles. The van der Waals surface area contributed by atoms with Crippen LogP contribution in [0.3, 0.4) is 0 Å². The van der Waals surface area contributed by atoms with E-state index in [2.05, 4.69) is 18.7 Å². The summed E-state index contributed by atoms with van der Waals surface area (Å²) in [5.41, 5.74) is 1.14. The molecule has 0 N–H and O–H groups in total. The number of hydrogen-bond donors (Lipinski definition) is 0. The lowest BCUT2D eigenvalue weighted by molar-refractivity contribution is -0.153. The van der Waals surface area contributed by atoms with Gasteiger partial charge in [0.1, 0.15) is 5.78 Å². The normalized spacial score (nSPS) is 33.5. The van der Waals surface area contributed by atoms with Crippen molar-refractivity contribution < 1.29 is 9.53 Å². The van der Waals surface area contributed by atoms with E-state index in [9.17, 15) is 4.79 Å². The summed E-state index contributed by atoms with van der Waals surface area (Å²) in [5, 5.41) is 0. The number of rotatable bonds is 3. The number of fused-ring (bicyclic) bond motifs is 1. The molecule has 3 rings (SSSR count). The minimum Gasteiger partial charge on any atom is -0.369 e. The molecule has 0 aromatic heterocycles. The zero-order chi connectivity index (χ0) is 13.9. The number of carbonyl (C=O) groups excluding carboxylic acids is 1. The molecule has 106 valence electrons. The third-order valence-electron chi connectivity index (χ3n) is 4.67. The highest BCUT2D eigenvalue weighted by Crippen LogP contribution is 2.46. The lowest BCUT2D eigenvalue weighted by Crippen LogP contribution is -2.42. The first-order chi connectivity index (χ1) is 9.79. The van der Waals surface area contributed by atoms with Gasteiger partial charge in [0, 0.05) is 6.42 Å². The number of carbonyl (C=O) groups is 1. The van der Waals surface area contributed by atoms with Crippen molar-refractivity contribution in [2.75, 3.05) is 0 Å². The molecule has 0 amide bonds. The Labute approximate surface area is 120 Å². The predicted molar refractivity (Wildman–Crippen MR) is 79.3 cm³/mol. The average molecular weight is 270 g/mol. The summed E-state index contributed by atoms with van der Waals surface area (Å²) >= 11 is 0. The van der Waals surface area contributed by atoms with E-state index < -0.39 is 0 Å². The van der Waals surface area contributed by atoms with Crippen molar-refractivity contribution in [2.45, 2.75) is 44.3 Å². The van der Waals surface area contributed by atoms with Gasteiger partial charge < -0.3 is 4.74 Å². The van der Waals surface area contributed by atoms with Crippen molar-refractivity contribution in [3.05, 3.63) is 48.6 Å². The molecule has 1 heterocycles. The van der Waals surface area contributed by atoms with Crippen molar-refractivity contribution in [1.29, 1.82) is 0 Å². The van der Waals surface area contributed by atoms with Crippen LogP contribution in [0.5, 0.6) is 0 Å². The Balaban J connectivity index is 1.90. The topological polar surface area (TPSA) is 26.3 Å². The van der Waals surface area contributed by atoms with Crippen LogP contribution in [0.25, 0.3) is 0 Å². The van der Waals surface area contributed by atoms with E-state index >= 15 is 0 Å². The highest BCUT2D eigenvalue weighted by Gasteiger charge is 2.44. The van der Waals surface area contributed by atoms with Crippen LogP contribution in [-0.2, 0) is 9.53 Å². The summed E-state index contributed by atoms with van der Waals surface area (Å²) < 4.78 is 6.26. The van der Waals surface area contributed by atoms with Gasteiger partial charge in [-0.05, 0) is 37.2 Å². The van der Waals surface area contributed by atoms with Crippen LogP contribution in [0, 0.1) is 11.8 Å². The monoisotopic (exact) mass is 270 g/mol. The molecule has 4 atom stereocenters. The predicted octanol–water partition coefficient (Wildman–Crippen LogP) is 4.08. The van der Waals surface area contributed by atoms with Crippen molar-refractivity contribution in [3.63, 3.8) is 0 Å². The van der Waals surface area contributed by atoms with E-state index in [-0.39, 0.29) is 18.1 Å². The molecule has 1 aliphatic carbocycles. The van der Waals surface area contributed by atoms with E-state index in [0.29, 0.717) is 11.7 Å². The highest BCUT2D eigenvalue weighted by atomic mass is 16.5. The van der Waals surface area contributed by atoms with Crippen LogP contribution in [-0.4, -0.2) is 11.9 Å². The fourth-order valence-electron chi connectivity index (χ4n) is 3.78. The fourth-order valence-corrected chi connectivity index (χ4v) is 3.78. The molecular weight excluding hydrogens is 248 g/mol. The van der Waals surface area contributed by atoms with E-state index in [4.69, 9.17) is 4.74 Å². The van der Waals surface area contributed by atoms with Crippen molar-refractivity contribution >= 4 is 5.78 Å². The van der Waals surface area contributed by atoms with Gasteiger partial charge in [-0.1, -0.05) is 36.4 Å². The second-order valence-corrected chi connectivity index (χ2v) is 5.99. The van der Waals surface area contributed by atoms with Crippen LogP contribution in [0.2, 0.25) is 0 Å². The average Bonchev–Trinajstić information content (AvgIpc) is 2.48. The van der Waals surface area contributed by atoms with E-state index in [0.717, 1.165) is 37.7 Å². The first-order valence-corrected chi connectivity index (χ1v) is 7.63. The number of Topliss-reactive ketones (excluding diaryl/α,β-unsaturated/α-hetero) is 1. The van der Waals surface area contributed by atoms with Gasteiger partial charge in [-0.3, -0.25) is 4.79 Å². The van der Waals surface area contributed by atoms with Crippen molar-refractivity contribution in [3.8, 4) is 0 Å². The van der Waals surface area contributed by atoms with Gasteiger partial charge in [-0.15, -0.1) is 6.58 Å². The van der Waals surface area contributed by atoms with E-state index in [1.165, 1.54) is 0 Å². The molecule has 1 saturated heterocycles. The maximum atomic E-state index is 12.4. The molecule has 0 radical (unpaired) electrons. The summed E-state index contributed by atoms with van der Waals surface area (Å²) in [6.45, 7) is 3.82. The largest absolute Gasteiger partial charge is 0.369 e. The molecule has 2 fully saturated rings. The van der Waals surface area contributed by atoms with E-state index in [1.807, 2.05) is 24.3 Å². The molecule has 1 aromatic carbocycles.